The highest BCUT2D eigenvalue weighted by molar-refractivity contribution is 7.80. The lowest BCUT2D eigenvalue weighted by Crippen LogP contribution is -1.96. The number of ether oxygens (including phenoxy) is 1. The first-order chi connectivity index (χ1) is 8.11. The molecule has 17 heavy (non-hydrogen) atoms. The fraction of sp³-hybridized carbons (Fsp3) is 0.333. The van der Waals surface area contributed by atoms with Gasteiger partial charge in [-0.15, -0.1) is 10.2 Å². The molecule has 0 saturated carbocycles. The van der Waals surface area contributed by atoms with E-state index in [0.717, 1.165) is 16.7 Å². The lowest BCUT2D eigenvalue weighted by Gasteiger charge is -2.11. The van der Waals surface area contributed by atoms with Crippen LogP contribution in [-0.2, 0) is 4.74 Å². The quantitative estimate of drug-likeness (QED) is 0.851. The maximum Gasteiger partial charge on any atom is 0.273 e. The summed E-state index contributed by atoms with van der Waals surface area (Å²) in [6.07, 6.45) is 0.0749. The van der Waals surface area contributed by atoms with Crippen LogP contribution >= 0.6 is 12.6 Å². The minimum atomic E-state index is 0.0749. The highest BCUT2D eigenvalue weighted by atomic mass is 32.1. The van der Waals surface area contributed by atoms with Gasteiger partial charge in [-0.05, 0) is 31.0 Å². The molecule has 2 rings (SSSR count). The third-order valence-electron chi connectivity index (χ3n) is 2.72. The Balaban J connectivity index is 2.38. The minimum absolute atomic E-state index is 0.0749. The zero-order valence-corrected chi connectivity index (χ0v) is 10.9. The molecule has 1 aromatic heterocycles. The van der Waals surface area contributed by atoms with E-state index in [1.54, 1.807) is 7.11 Å². The van der Waals surface area contributed by atoms with Crippen molar-refractivity contribution in [1.29, 1.82) is 0 Å². The van der Waals surface area contributed by atoms with Crippen LogP contribution in [0.5, 0.6) is 0 Å². The molecule has 4 nitrogen and oxygen atoms in total. The van der Waals surface area contributed by atoms with Gasteiger partial charge in [0.1, 0.15) is 0 Å². The van der Waals surface area contributed by atoms with Crippen molar-refractivity contribution in [2.75, 3.05) is 7.11 Å². The van der Waals surface area contributed by atoms with E-state index in [9.17, 15) is 0 Å². The van der Waals surface area contributed by atoms with Crippen LogP contribution in [0.3, 0.4) is 0 Å². The summed E-state index contributed by atoms with van der Waals surface area (Å²) in [5.74, 6) is 0.490. The normalized spacial score (nSPS) is 12.7. The molecular weight excluding hydrogens is 236 g/mol. The summed E-state index contributed by atoms with van der Waals surface area (Å²) in [6.45, 7) is 4.01. The van der Waals surface area contributed by atoms with E-state index in [1.165, 1.54) is 0 Å². The maximum atomic E-state index is 5.29. The Kier molecular flexibility index (Phi) is 3.49. The van der Waals surface area contributed by atoms with Crippen LogP contribution in [0.25, 0.3) is 11.5 Å². The Bertz CT molecular complexity index is 525. The molecule has 5 heteroatoms. The van der Waals surface area contributed by atoms with Gasteiger partial charge < -0.3 is 9.15 Å². The molecule has 0 spiro atoms. The van der Waals surface area contributed by atoms with Crippen molar-refractivity contribution in [3.05, 3.63) is 29.3 Å². The van der Waals surface area contributed by atoms with E-state index >= 15 is 0 Å². The molecule has 0 aliphatic carbocycles. The van der Waals surface area contributed by atoms with Crippen LogP contribution < -0.4 is 0 Å². The summed E-state index contributed by atoms with van der Waals surface area (Å²) in [6, 6.07) is 6.02. The SMILES string of the molecule is COC(C)c1ccc(-c2nnc(S)o2)c(C)c1. The molecule has 1 aromatic carbocycles. The van der Waals surface area contributed by atoms with E-state index in [4.69, 9.17) is 9.15 Å². The van der Waals surface area contributed by atoms with Gasteiger partial charge >= 0.3 is 0 Å². The molecule has 0 saturated heterocycles. The van der Waals surface area contributed by atoms with Crippen molar-refractivity contribution in [3.8, 4) is 11.5 Å². The van der Waals surface area contributed by atoms with Crippen molar-refractivity contribution in [2.24, 2.45) is 0 Å². The van der Waals surface area contributed by atoms with Gasteiger partial charge in [-0.1, -0.05) is 24.8 Å². The van der Waals surface area contributed by atoms with Gasteiger partial charge in [0, 0.05) is 12.7 Å². The predicted octanol–water partition coefficient (Wildman–Crippen LogP) is 3.04. The van der Waals surface area contributed by atoms with Crippen LogP contribution in [0.2, 0.25) is 0 Å². The molecule has 0 aliphatic heterocycles. The Morgan fingerprint density at radius 3 is 2.65 bits per heavy atom. The van der Waals surface area contributed by atoms with Crippen LogP contribution in [0.15, 0.2) is 27.8 Å². The Hall–Kier alpha value is -1.33. The van der Waals surface area contributed by atoms with Crippen LogP contribution in [0.4, 0.5) is 0 Å². The molecule has 0 fully saturated rings. The third-order valence-corrected chi connectivity index (χ3v) is 2.90. The summed E-state index contributed by atoms with van der Waals surface area (Å²) in [5.41, 5.74) is 3.12. The van der Waals surface area contributed by atoms with Gasteiger partial charge in [0.25, 0.3) is 5.22 Å². The van der Waals surface area contributed by atoms with Gasteiger partial charge in [0.05, 0.1) is 6.10 Å². The first-order valence-electron chi connectivity index (χ1n) is 5.28. The van der Waals surface area contributed by atoms with Crippen molar-refractivity contribution in [1.82, 2.24) is 10.2 Å². The van der Waals surface area contributed by atoms with Crippen molar-refractivity contribution < 1.29 is 9.15 Å². The molecule has 0 aliphatic rings. The average molecular weight is 250 g/mol. The zero-order chi connectivity index (χ0) is 12.4. The average Bonchev–Trinajstić information content (AvgIpc) is 2.74. The fourth-order valence-electron chi connectivity index (χ4n) is 1.64. The highest BCUT2D eigenvalue weighted by Gasteiger charge is 2.11. The smallest absolute Gasteiger partial charge is 0.273 e. The van der Waals surface area contributed by atoms with Crippen molar-refractivity contribution >= 4 is 12.6 Å². The number of hydrogen-bond donors (Lipinski definition) is 1. The number of nitrogens with zero attached hydrogens (tertiary/aromatic N) is 2. The summed E-state index contributed by atoms with van der Waals surface area (Å²) in [7, 11) is 1.69. The molecule has 90 valence electrons. The zero-order valence-electron chi connectivity index (χ0n) is 9.97. The number of benzene rings is 1. The molecule has 0 bridgehead atoms. The number of thiol groups is 1. The maximum absolute atomic E-state index is 5.29. The lowest BCUT2D eigenvalue weighted by atomic mass is 10.0. The molecule has 1 unspecified atom stereocenters. The Morgan fingerprint density at radius 2 is 2.12 bits per heavy atom. The van der Waals surface area contributed by atoms with Gasteiger partial charge in [0.2, 0.25) is 5.89 Å². The molecular formula is C12H14N2O2S. The van der Waals surface area contributed by atoms with Crippen molar-refractivity contribution in [3.63, 3.8) is 0 Å². The Morgan fingerprint density at radius 1 is 1.35 bits per heavy atom. The monoisotopic (exact) mass is 250 g/mol. The number of rotatable bonds is 3. The second kappa shape index (κ2) is 4.89. The summed E-state index contributed by atoms with van der Waals surface area (Å²) >= 11 is 4.00. The predicted molar refractivity (Wildman–Crippen MR) is 67.1 cm³/mol. The number of hydrogen-bond acceptors (Lipinski definition) is 5. The molecule has 1 heterocycles. The van der Waals surface area contributed by atoms with Crippen LogP contribution in [0, 0.1) is 6.92 Å². The van der Waals surface area contributed by atoms with Gasteiger partial charge in [0.15, 0.2) is 0 Å². The van der Waals surface area contributed by atoms with Crippen LogP contribution in [-0.4, -0.2) is 17.3 Å². The summed E-state index contributed by atoms with van der Waals surface area (Å²) in [5, 5.41) is 7.92. The molecule has 0 radical (unpaired) electrons. The summed E-state index contributed by atoms with van der Waals surface area (Å²) < 4.78 is 10.6. The standard InChI is InChI=1S/C12H14N2O2S/c1-7-6-9(8(2)15-3)4-5-10(7)11-13-14-12(17)16-11/h4-6,8H,1-3H3,(H,14,17). The fourth-order valence-corrected chi connectivity index (χ4v) is 1.77. The number of aryl methyl sites for hydroxylation is 1. The summed E-state index contributed by atoms with van der Waals surface area (Å²) in [4.78, 5) is 0. The largest absolute Gasteiger partial charge is 0.411 e. The third kappa shape index (κ3) is 2.50. The van der Waals surface area contributed by atoms with E-state index in [-0.39, 0.29) is 11.3 Å². The van der Waals surface area contributed by atoms with Gasteiger partial charge in [-0.25, -0.2) is 0 Å². The number of methoxy groups -OCH3 is 1. The van der Waals surface area contributed by atoms with Crippen LogP contribution in [0.1, 0.15) is 24.2 Å². The van der Waals surface area contributed by atoms with E-state index < -0.39 is 0 Å². The first kappa shape index (κ1) is 12.1. The number of aromatic nitrogens is 2. The van der Waals surface area contributed by atoms with E-state index in [1.807, 2.05) is 26.0 Å². The van der Waals surface area contributed by atoms with E-state index in [2.05, 4.69) is 28.9 Å². The van der Waals surface area contributed by atoms with E-state index in [0.29, 0.717) is 5.89 Å². The molecule has 1 atom stereocenters. The molecule has 2 aromatic rings. The molecule has 0 amide bonds. The van der Waals surface area contributed by atoms with Crippen molar-refractivity contribution in [2.45, 2.75) is 25.2 Å². The minimum Gasteiger partial charge on any atom is -0.411 e. The second-order valence-corrected chi connectivity index (χ2v) is 4.22. The topological polar surface area (TPSA) is 48.2 Å². The lowest BCUT2D eigenvalue weighted by molar-refractivity contribution is 0.119. The first-order valence-corrected chi connectivity index (χ1v) is 5.72. The second-order valence-electron chi connectivity index (χ2n) is 3.84. The van der Waals surface area contributed by atoms with Gasteiger partial charge in [-0.2, -0.15) is 0 Å². The molecule has 0 N–H and O–H groups in total. The highest BCUT2D eigenvalue weighted by Crippen LogP contribution is 2.26. The van der Waals surface area contributed by atoms with Gasteiger partial charge in [-0.3, -0.25) is 0 Å². The Labute approximate surface area is 105 Å².